The molecule has 0 bridgehead atoms. The molecule has 0 spiro atoms. The Morgan fingerprint density at radius 2 is 2.13 bits per heavy atom. The molecule has 122 valence electrons. The summed E-state index contributed by atoms with van der Waals surface area (Å²) in [5, 5.41) is 22.3. The maximum Gasteiger partial charge on any atom is 0.338 e. The van der Waals surface area contributed by atoms with Crippen molar-refractivity contribution in [1.29, 1.82) is 5.26 Å². The van der Waals surface area contributed by atoms with Crippen molar-refractivity contribution in [3.05, 3.63) is 39.9 Å². The van der Waals surface area contributed by atoms with Gasteiger partial charge in [0.15, 0.2) is 6.61 Å². The quantitative estimate of drug-likeness (QED) is 0.484. The predicted octanol–water partition coefficient (Wildman–Crippen LogP) is 1.81. The molecular weight excluding hydrogens is 302 g/mol. The van der Waals surface area contributed by atoms with E-state index in [1.807, 2.05) is 6.07 Å². The van der Waals surface area contributed by atoms with Crippen LogP contribution in [-0.4, -0.2) is 28.9 Å². The van der Waals surface area contributed by atoms with Crippen LogP contribution in [0.25, 0.3) is 0 Å². The summed E-state index contributed by atoms with van der Waals surface area (Å²) in [5.41, 5.74) is -1.35. The van der Waals surface area contributed by atoms with Crippen LogP contribution in [0.3, 0.4) is 0 Å². The molecule has 1 amide bonds. The summed E-state index contributed by atoms with van der Waals surface area (Å²) in [6, 6.07) is 7.00. The lowest BCUT2D eigenvalue weighted by molar-refractivity contribution is -0.384. The Hall–Kier alpha value is -2.95. The lowest BCUT2D eigenvalue weighted by Gasteiger charge is -2.27. The van der Waals surface area contributed by atoms with Gasteiger partial charge in [-0.25, -0.2) is 4.79 Å². The zero-order valence-corrected chi connectivity index (χ0v) is 13.0. The third-order valence-electron chi connectivity index (χ3n) is 3.41. The Labute approximate surface area is 133 Å². The van der Waals surface area contributed by atoms with Crippen LogP contribution in [0, 0.1) is 27.4 Å². The molecule has 0 saturated heterocycles. The van der Waals surface area contributed by atoms with Crippen molar-refractivity contribution in [2.45, 2.75) is 26.3 Å². The number of nitriles is 1. The van der Waals surface area contributed by atoms with E-state index >= 15 is 0 Å². The molecule has 1 atom stereocenters. The number of rotatable bonds is 6. The van der Waals surface area contributed by atoms with Gasteiger partial charge < -0.3 is 10.1 Å². The highest BCUT2D eigenvalue weighted by Crippen LogP contribution is 2.15. The van der Waals surface area contributed by atoms with Crippen molar-refractivity contribution in [3.8, 4) is 6.07 Å². The van der Waals surface area contributed by atoms with Gasteiger partial charge in [0.1, 0.15) is 5.54 Å². The van der Waals surface area contributed by atoms with Crippen molar-refractivity contribution in [3.63, 3.8) is 0 Å². The molecule has 0 fully saturated rings. The van der Waals surface area contributed by atoms with Gasteiger partial charge in [0, 0.05) is 12.1 Å². The Morgan fingerprint density at radius 1 is 1.48 bits per heavy atom. The van der Waals surface area contributed by atoms with Crippen LogP contribution in [0.1, 0.15) is 31.1 Å². The summed E-state index contributed by atoms with van der Waals surface area (Å²) < 4.78 is 4.81. The molecule has 0 aliphatic rings. The largest absolute Gasteiger partial charge is 0.452 e. The van der Waals surface area contributed by atoms with Gasteiger partial charge in [-0.05, 0) is 18.9 Å². The van der Waals surface area contributed by atoms with Crippen molar-refractivity contribution in [1.82, 2.24) is 5.32 Å². The van der Waals surface area contributed by atoms with Crippen LogP contribution in [0.4, 0.5) is 5.69 Å². The summed E-state index contributed by atoms with van der Waals surface area (Å²) in [5.74, 6) is -1.61. The van der Waals surface area contributed by atoms with Gasteiger partial charge in [-0.1, -0.05) is 19.9 Å². The number of nitro groups is 1. The van der Waals surface area contributed by atoms with E-state index in [1.54, 1.807) is 20.8 Å². The number of carbonyl (C=O) groups excluding carboxylic acids is 2. The molecule has 1 aromatic carbocycles. The molecule has 0 aliphatic heterocycles. The summed E-state index contributed by atoms with van der Waals surface area (Å²) in [7, 11) is 0. The summed E-state index contributed by atoms with van der Waals surface area (Å²) >= 11 is 0. The van der Waals surface area contributed by atoms with Crippen molar-refractivity contribution >= 4 is 17.6 Å². The maximum absolute atomic E-state index is 11.8. The molecule has 1 N–H and O–H groups in total. The van der Waals surface area contributed by atoms with E-state index in [-0.39, 0.29) is 17.2 Å². The lowest BCUT2D eigenvalue weighted by Crippen LogP contribution is -2.50. The second-order valence-electron chi connectivity index (χ2n) is 5.40. The van der Waals surface area contributed by atoms with E-state index in [2.05, 4.69) is 5.32 Å². The molecule has 0 aliphatic carbocycles. The van der Waals surface area contributed by atoms with E-state index in [0.29, 0.717) is 0 Å². The fourth-order valence-corrected chi connectivity index (χ4v) is 1.59. The fraction of sp³-hybridized carbons (Fsp3) is 0.400. The van der Waals surface area contributed by atoms with Gasteiger partial charge in [0.25, 0.3) is 11.6 Å². The Bertz CT molecular complexity index is 665. The second-order valence-corrected chi connectivity index (χ2v) is 5.40. The van der Waals surface area contributed by atoms with Crippen molar-refractivity contribution in [2.75, 3.05) is 6.61 Å². The molecule has 1 rings (SSSR count). The topological polar surface area (TPSA) is 122 Å². The van der Waals surface area contributed by atoms with Crippen molar-refractivity contribution in [2.24, 2.45) is 5.92 Å². The monoisotopic (exact) mass is 319 g/mol. The van der Waals surface area contributed by atoms with E-state index in [1.165, 1.54) is 18.2 Å². The number of amides is 1. The number of nitrogens with zero attached hydrogens (tertiary/aromatic N) is 2. The number of nitrogens with one attached hydrogen (secondary N) is 1. The number of benzene rings is 1. The molecule has 1 aromatic rings. The summed E-state index contributed by atoms with van der Waals surface area (Å²) in [6.45, 7) is 4.54. The molecule has 0 saturated carbocycles. The summed E-state index contributed by atoms with van der Waals surface area (Å²) in [4.78, 5) is 33.6. The molecule has 8 nitrogen and oxygen atoms in total. The standard InChI is InChI=1S/C15H17N3O5/c1-10(2)15(3,9-16)17-13(19)8-23-14(20)11-5-4-6-12(7-11)18(21)22/h4-7,10H,8H2,1-3H3,(H,17,19). The minimum absolute atomic E-state index is 0.0288. The lowest BCUT2D eigenvalue weighted by atomic mass is 9.90. The normalized spacial score (nSPS) is 12.8. The number of non-ortho nitro benzene ring substituents is 1. The minimum Gasteiger partial charge on any atom is -0.452 e. The number of nitro benzene ring substituents is 1. The van der Waals surface area contributed by atoms with E-state index in [4.69, 9.17) is 10.00 Å². The van der Waals surface area contributed by atoms with Gasteiger partial charge in [0.05, 0.1) is 16.6 Å². The molecule has 0 heterocycles. The first-order valence-electron chi connectivity index (χ1n) is 6.83. The van der Waals surface area contributed by atoms with Crippen LogP contribution >= 0.6 is 0 Å². The van der Waals surface area contributed by atoms with Gasteiger partial charge in [-0.15, -0.1) is 0 Å². The molecular formula is C15H17N3O5. The van der Waals surface area contributed by atoms with Crippen LogP contribution in [0.5, 0.6) is 0 Å². The number of ether oxygens (including phenoxy) is 1. The number of hydrogen-bond acceptors (Lipinski definition) is 6. The SMILES string of the molecule is CC(C)C(C)(C#N)NC(=O)COC(=O)c1cccc([N+](=O)[O-])c1. The predicted molar refractivity (Wildman–Crippen MR) is 80.4 cm³/mol. The van der Waals surface area contributed by atoms with E-state index in [9.17, 15) is 19.7 Å². The Kier molecular flexibility index (Phi) is 5.79. The van der Waals surface area contributed by atoms with Gasteiger partial charge >= 0.3 is 5.97 Å². The van der Waals surface area contributed by atoms with Gasteiger partial charge in [0.2, 0.25) is 0 Å². The first-order valence-corrected chi connectivity index (χ1v) is 6.83. The first kappa shape index (κ1) is 18.1. The molecule has 0 radical (unpaired) electrons. The highest BCUT2D eigenvalue weighted by molar-refractivity contribution is 5.92. The van der Waals surface area contributed by atoms with E-state index < -0.39 is 28.9 Å². The van der Waals surface area contributed by atoms with Crippen LogP contribution < -0.4 is 5.32 Å². The molecule has 8 heteroatoms. The van der Waals surface area contributed by atoms with E-state index in [0.717, 1.165) is 6.07 Å². The highest BCUT2D eigenvalue weighted by Gasteiger charge is 2.30. The zero-order valence-electron chi connectivity index (χ0n) is 13.0. The zero-order chi connectivity index (χ0) is 17.6. The second kappa shape index (κ2) is 7.35. The van der Waals surface area contributed by atoms with Crippen LogP contribution in [0.2, 0.25) is 0 Å². The minimum atomic E-state index is -1.07. The number of hydrogen-bond donors (Lipinski definition) is 1. The first-order chi connectivity index (χ1) is 10.7. The molecule has 1 unspecified atom stereocenters. The van der Waals surface area contributed by atoms with Gasteiger partial charge in [-0.3, -0.25) is 14.9 Å². The summed E-state index contributed by atoms with van der Waals surface area (Å²) in [6.07, 6.45) is 0. The smallest absolute Gasteiger partial charge is 0.338 e. The molecule has 0 aromatic heterocycles. The van der Waals surface area contributed by atoms with Crippen LogP contribution in [0.15, 0.2) is 24.3 Å². The Morgan fingerprint density at radius 3 is 2.65 bits per heavy atom. The number of esters is 1. The third kappa shape index (κ3) is 4.78. The fourth-order valence-electron chi connectivity index (χ4n) is 1.59. The van der Waals surface area contributed by atoms with Crippen molar-refractivity contribution < 1.29 is 19.2 Å². The Balaban J connectivity index is 2.66. The number of carbonyl (C=O) groups is 2. The average Bonchev–Trinajstić information content (AvgIpc) is 2.52. The highest BCUT2D eigenvalue weighted by atomic mass is 16.6. The third-order valence-corrected chi connectivity index (χ3v) is 3.41. The van der Waals surface area contributed by atoms with Crippen LogP contribution in [-0.2, 0) is 9.53 Å². The average molecular weight is 319 g/mol. The van der Waals surface area contributed by atoms with Gasteiger partial charge in [-0.2, -0.15) is 5.26 Å². The molecule has 23 heavy (non-hydrogen) atoms. The maximum atomic E-state index is 11.8.